The zero-order valence-electron chi connectivity index (χ0n) is 15.2. The third-order valence-electron chi connectivity index (χ3n) is 4.98. The summed E-state index contributed by atoms with van der Waals surface area (Å²) in [4.78, 5) is 38.8. The molecule has 0 radical (unpaired) electrons. The van der Waals surface area contributed by atoms with Crippen LogP contribution < -0.4 is 15.5 Å². The average Bonchev–Trinajstić information content (AvgIpc) is 3.54. The van der Waals surface area contributed by atoms with Crippen LogP contribution in [0.4, 0.5) is 17.1 Å². The molecule has 0 saturated heterocycles. The van der Waals surface area contributed by atoms with E-state index in [2.05, 4.69) is 10.6 Å². The van der Waals surface area contributed by atoms with Crippen molar-refractivity contribution in [2.45, 2.75) is 25.7 Å². The number of para-hydroxylation sites is 1. The zero-order valence-corrected chi connectivity index (χ0v) is 16.0. The first-order valence-electron chi connectivity index (χ1n) is 9.34. The number of fused-ring (bicyclic) bond motifs is 1. The summed E-state index contributed by atoms with van der Waals surface area (Å²) in [6, 6.07) is 12.1. The van der Waals surface area contributed by atoms with Gasteiger partial charge in [-0.05, 0) is 55.5 Å². The molecule has 6 nitrogen and oxygen atoms in total. The van der Waals surface area contributed by atoms with E-state index in [-0.39, 0.29) is 11.8 Å². The summed E-state index contributed by atoms with van der Waals surface area (Å²) in [5, 5.41) is 5.45. The summed E-state index contributed by atoms with van der Waals surface area (Å²) in [7, 11) is 0. The fourth-order valence-electron chi connectivity index (χ4n) is 3.36. The van der Waals surface area contributed by atoms with E-state index in [0.717, 1.165) is 36.9 Å². The topological polar surface area (TPSA) is 78.5 Å². The number of anilines is 3. The molecule has 3 amide bonds. The van der Waals surface area contributed by atoms with Gasteiger partial charge in [-0.2, -0.15) is 0 Å². The monoisotopic (exact) mass is 397 g/mol. The number of hydrogen-bond donors (Lipinski definition) is 2. The number of nitrogens with one attached hydrogen (secondary N) is 2. The Morgan fingerprint density at radius 1 is 1.00 bits per heavy atom. The van der Waals surface area contributed by atoms with Crippen molar-refractivity contribution in [3.05, 3.63) is 53.1 Å². The Morgan fingerprint density at radius 3 is 2.50 bits per heavy atom. The van der Waals surface area contributed by atoms with Gasteiger partial charge in [-0.1, -0.05) is 29.8 Å². The van der Waals surface area contributed by atoms with Crippen molar-refractivity contribution in [3.63, 3.8) is 0 Å². The molecule has 0 bridgehead atoms. The van der Waals surface area contributed by atoms with Crippen molar-refractivity contribution in [3.8, 4) is 0 Å². The third-order valence-corrected chi connectivity index (χ3v) is 5.31. The summed E-state index contributed by atoms with van der Waals surface area (Å²) in [5.41, 5.74) is 2.76. The van der Waals surface area contributed by atoms with Crippen LogP contribution in [0.3, 0.4) is 0 Å². The van der Waals surface area contributed by atoms with Gasteiger partial charge in [0, 0.05) is 23.8 Å². The lowest BCUT2D eigenvalue weighted by atomic mass is 10.0. The highest BCUT2D eigenvalue weighted by atomic mass is 35.5. The Labute approximate surface area is 167 Å². The summed E-state index contributed by atoms with van der Waals surface area (Å²) in [5.74, 6) is -1.32. The van der Waals surface area contributed by atoms with Crippen molar-refractivity contribution >= 4 is 46.4 Å². The Hall–Kier alpha value is -2.86. The molecule has 0 unspecified atom stereocenters. The highest BCUT2D eigenvalue weighted by Gasteiger charge is 2.35. The lowest BCUT2D eigenvalue weighted by Gasteiger charge is -2.30. The number of aryl methyl sites for hydroxylation is 1. The molecule has 2 aliphatic rings. The summed E-state index contributed by atoms with van der Waals surface area (Å²) in [6.45, 7) is 0.687. The third kappa shape index (κ3) is 3.87. The Bertz CT molecular complexity index is 956. The van der Waals surface area contributed by atoms with Gasteiger partial charge in [-0.3, -0.25) is 14.4 Å². The minimum Gasteiger partial charge on any atom is -0.318 e. The second kappa shape index (κ2) is 7.64. The number of nitrogens with zero attached hydrogens (tertiary/aromatic N) is 1. The molecule has 4 rings (SSSR count). The van der Waals surface area contributed by atoms with E-state index in [9.17, 15) is 14.4 Å². The van der Waals surface area contributed by atoms with Crippen LogP contribution in [0.25, 0.3) is 0 Å². The number of amides is 3. The van der Waals surface area contributed by atoms with Crippen molar-refractivity contribution < 1.29 is 14.4 Å². The van der Waals surface area contributed by atoms with Gasteiger partial charge in [0.25, 0.3) is 0 Å². The Kier molecular flexibility index (Phi) is 5.05. The van der Waals surface area contributed by atoms with Crippen molar-refractivity contribution in [2.75, 3.05) is 22.1 Å². The standard InChI is InChI=1S/C21H20ClN3O3/c22-16-5-1-2-6-17(16)24-20(27)19(26)23-15-10-9-13-4-3-11-25(18(13)12-15)21(28)14-7-8-14/h1-2,5-6,9-10,12,14H,3-4,7-8,11H2,(H,23,26)(H,24,27). The molecule has 1 fully saturated rings. The highest BCUT2D eigenvalue weighted by molar-refractivity contribution is 6.44. The van der Waals surface area contributed by atoms with Crippen LogP contribution in [0.15, 0.2) is 42.5 Å². The smallest absolute Gasteiger partial charge is 0.314 e. The van der Waals surface area contributed by atoms with Crippen molar-refractivity contribution in [2.24, 2.45) is 5.92 Å². The van der Waals surface area contributed by atoms with Gasteiger partial charge in [-0.15, -0.1) is 0 Å². The lowest BCUT2D eigenvalue weighted by Crippen LogP contribution is -2.36. The van der Waals surface area contributed by atoms with Crippen LogP contribution in [0.5, 0.6) is 0 Å². The van der Waals surface area contributed by atoms with Crippen molar-refractivity contribution in [1.82, 2.24) is 0 Å². The Morgan fingerprint density at radius 2 is 1.75 bits per heavy atom. The molecule has 0 spiro atoms. The maximum atomic E-state index is 12.6. The molecule has 7 heteroatoms. The van der Waals surface area contributed by atoms with Crippen LogP contribution in [0, 0.1) is 5.92 Å². The number of hydrogen-bond acceptors (Lipinski definition) is 3. The maximum absolute atomic E-state index is 12.6. The number of halogens is 1. The maximum Gasteiger partial charge on any atom is 0.314 e. The predicted octanol–water partition coefficient (Wildman–Crippen LogP) is 3.61. The van der Waals surface area contributed by atoms with Crippen LogP contribution in [-0.2, 0) is 20.8 Å². The van der Waals surface area contributed by atoms with Gasteiger partial charge < -0.3 is 15.5 Å². The van der Waals surface area contributed by atoms with E-state index in [1.807, 2.05) is 11.0 Å². The van der Waals surface area contributed by atoms with E-state index in [1.165, 1.54) is 0 Å². The molecule has 144 valence electrons. The van der Waals surface area contributed by atoms with Gasteiger partial charge in [0.05, 0.1) is 10.7 Å². The molecule has 2 aromatic carbocycles. The van der Waals surface area contributed by atoms with Gasteiger partial charge in [0.1, 0.15) is 0 Å². The fourth-order valence-corrected chi connectivity index (χ4v) is 3.54. The molecule has 28 heavy (non-hydrogen) atoms. The number of carbonyl (C=O) groups excluding carboxylic acids is 3. The first-order chi connectivity index (χ1) is 13.5. The molecule has 2 N–H and O–H groups in total. The predicted molar refractivity (Wildman–Crippen MR) is 109 cm³/mol. The second-order valence-corrected chi connectivity index (χ2v) is 7.51. The molecular formula is C21H20ClN3O3. The van der Waals surface area contributed by atoms with Gasteiger partial charge in [-0.25, -0.2) is 0 Å². The molecule has 0 atom stereocenters. The minimum absolute atomic E-state index is 0.130. The molecule has 1 aliphatic carbocycles. The largest absolute Gasteiger partial charge is 0.318 e. The number of carbonyl (C=O) groups is 3. The molecule has 1 heterocycles. The van der Waals surface area contributed by atoms with Crippen LogP contribution in [0.1, 0.15) is 24.8 Å². The second-order valence-electron chi connectivity index (χ2n) is 7.10. The minimum atomic E-state index is -0.809. The first kappa shape index (κ1) is 18.5. The fraction of sp³-hybridized carbons (Fsp3) is 0.286. The number of rotatable bonds is 3. The van der Waals surface area contributed by atoms with Gasteiger partial charge in [0.2, 0.25) is 5.91 Å². The van der Waals surface area contributed by atoms with E-state index < -0.39 is 11.8 Å². The summed E-state index contributed by atoms with van der Waals surface area (Å²) in [6.07, 6.45) is 3.72. The summed E-state index contributed by atoms with van der Waals surface area (Å²) < 4.78 is 0. The molecule has 1 aliphatic heterocycles. The van der Waals surface area contributed by atoms with E-state index in [1.54, 1.807) is 36.4 Å². The average molecular weight is 398 g/mol. The van der Waals surface area contributed by atoms with E-state index >= 15 is 0 Å². The van der Waals surface area contributed by atoms with E-state index in [0.29, 0.717) is 22.9 Å². The SMILES string of the molecule is O=C(Nc1ccc2c(c1)N(C(=O)C1CC1)CCC2)C(=O)Nc1ccccc1Cl. The first-order valence-corrected chi connectivity index (χ1v) is 9.72. The van der Waals surface area contributed by atoms with Crippen LogP contribution in [0.2, 0.25) is 5.02 Å². The molecule has 2 aromatic rings. The highest BCUT2D eigenvalue weighted by Crippen LogP contribution is 2.36. The number of benzene rings is 2. The Balaban J connectivity index is 1.48. The van der Waals surface area contributed by atoms with Crippen LogP contribution in [-0.4, -0.2) is 24.3 Å². The molecule has 1 saturated carbocycles. The normalized spacial score (nSPS) is 15.5. The van der Waals surface area contributed by atoms with Crippen LogP contribution >= 0.6 is 11.6 Å². The quantitative estimate of drug-likeness (QED) is 0.776. The lowest BCUT2D eigenvalue weighted by molar-refractivity contribution is -0.132. The van der Waals surface area contributed by atoms with E-state index in [4.69, 9.17) is 11.6 Å². The summed E-state index contributed by atoms with van der Waals surface area (Å²) >= 11 is 6.00. The van der Waals surface area contributed by atoms with Crippen molar-refractivity contribution in [1.29, 1.82) is 0 Å². The molecular weight excluding hydrogens is 378 g/mol. The molecule has 0 aromatic heterocycles. The van der Waals surface area contributed by atoms with Gasteiger partial charge in [0.15, 0.2) is 0 Å². The van der Waals surface area contributed by atoms with Gasteiger partial charge >= 0.3 is 11.8 Å². The zero-order chi connectivity index (χ0) is 19.7.